The minimum Gasteiger partial charge on any atom is -0.381 e. The number of pyridine rings is 1. The van der Waals surface area contributed by atoms with E-state index in [1.54, 1.807) is 0 Å². The summed E-state index contributed by atoms with van der Waals surface area (Å²) in [4.78, 5) is 42.4. The molecule has 5 rings (SSSR count). The Morgan fingerprint density at radius 3 is 2.69 bits per heavy atom. The summed E-state index contributed by atoms with van der Waals surface area (Å²) in [6, 6.07) is 6.02. The first-order chi connectivity index (χ1) is 15.7. The molecule has 1 amide bonds. The molecule has 0 spiro atoms. The zero-order valence-corrected chi connectivity index (χ0v) is 18.5. The first-order valence-electron chi connectivity index (χ1n) is 11.8. The van der Waals surface area contributed by atoms with Crippen LogP contribution in [0.1, 0.15) is 54.4 Å². The van der Waals surface area contributed by atoms with E-state index in [4.69, 9.17) is 9.72 Å². The van der Waals surface area contributed by atoms with Crippen molar-refractivity contribution in [2.24, 2.45) is 5.92 Å². The van der Waals surface area contributed by atoms with Gasteiger partial charge in [0, 0.05) is 50.8 Å². The Bertz CT molecular complexity index is 994. The molecule has 0 atom stereocenters. The number of H-pyrrole nitrogens is 1. The van der Waals surface area contributed by atoms with E-state index in [0.717, 1.165) is 62.5 Å². The second-order valence-electron chi connectivity index (χ2n) is 9.14. The van der Waals surface area contributed by atoms with Gasteiger partial charge in [-0.2, -0.15) is 0 Å². The number of piperidine rings is 1. The van der Waals surface area contributed by atoms with Gasteiger partial charge in [0.1, 0.15) is 5.82 Å². The highest BCUT2D eigenvalue weighted by Crippen LogP contribution is 2.27. The molecule has 0 bridgehead atoms. The van der Waals surface area contributed by atoms with Gasteiger partial charge in [0.05, 0.1) is 23.5 Å². The highest BCUT2D eigenvalue weighted by Gasteiger charge is 2.31. The maximum Gasteiger partial charge on any atom is 0.256 e. The average molecular weight is 438 g/mol. The Kier molecular flexibility index (Phi) is 6.32. The van der Waals surface area contributed by atoms with Crippen LogP contribution in [0.4, 0.5) is 0 Å². The lowest BCUT2D eigenvalue weighted by atomic mass is 9.94. The molecule has 170 valence electrons. The number of hydrogen-bond acceptors (Lipinski definition) is 6. The monoisotopic (exact) mass is 437 g/mol. The van der Waals surface area contributed by atoms with Gasteiger partial charge >= 0.3 is 0 Å². The first kappa shape index (κ1) is 21.3. The van der Waals surface area contributed by atoms with Crippen LogP contribution in [0.15, 0.2) is 29.2 Å². The van der Waals surface area contributed by atoms with Gasteiger partial charge in [-0.15, -0.1) is 0 Å². The molecule has 0 aliphatic carbocycles. The zero-order valence-electron chi connectivity index (χ0n) is 18.5. The highest BCUT2D eigenvalue weighted by molar-refractivity contribution is 5.79. The Labute approximate surface area is 188 Å². The highest BCUT2D eigenvalue weighted by atomic mass is 16.5. The first-order valence-corrected chi connectivity index (χ1v) is 11.8. The van der Waals surface area contributed by atoms with E-state index in [0.29, 0.717) is 38.3 Å². The zero-order chi connectivity index (χ0) is 21.9. The minimum atomic E-state index is -0.0783. The van der Waals surface area contributed by atoms with E-state index in [1.165, 1.54) is 0 Å². The number of nitrogens with one attached hydrogen (secondary N) is 1. The van der Waals surface area contributed by atoms with Gasteiger partial charge in [-0.25, -0.2) is 4.98 Å². The number of aromatic amines is 1. The molecule has 2 aromatic heterocycles. The van der Waals surface area contributed by atoms with Gasteiger partial charge in [0.15, 0.2) is 0 Å². The molecule has 3 aliphatic rings. The van der Waals surface area contributed by atoms with Gasteiger partial charge in [-0.05, 0) is 50.9 Å². The molecule has 0 saturated carbocycles. The number of carbonyl (C=O) groups excluding carboxylic acids is 1. The molecule has 0 unspecified atom stereocenters. The lowest BCUT2D eigenvalue weighted by Crippen LogP contribution is -2.44. The Morgan fingerprint density at radius 2 is 1.94 bits per heavy atom. The Hall–Kier alpha value is -2.58. The molecule has 0 aromatic carbocycles. The van der Waals surface area contributed by atoms with Crippen LogP contribution in [0.2, 0.25) is 0 Å². The average Bonchev–Trinajstić information content (AvgIpc) is 2.85. The van der Waals surface area contributed by atoms with Crippen molar-refractivity contribution < 1.29 is 9.53 Å². The lowest BCUT2D eigenvalue weighted by molar-refractivity contribution is -0.139. The molecule has 3 aliphatic heterocycles. The molecule has 5 heterocycles. The number of rotatable bonds is 4. The van der Waals surface area contributed by atoms with Gasteiger partial charge < -0.3 is 14.6 Å². The third-order valence-corrected chi connectivity index (χ3v) is 7.06. The standard InChI is InChI=1S/C24H31N5O3/c30-23-20-16-29(24(31)18-7-13-32-14-8-18)12-6-21(20)26-22(27-23)17-4-10-28(11-5-17)15-19-3-1-2-9-25-19/h1-3,9,17-18H,4-8,10-16H2,(H,26,27,30). The van der Waals surface area contributed by atoms with E-state index in [9.17, 15) is 9.59 Å². The Balaban J connectivity index is 1.22. The van der Waals surface area contributed by atoms with Crippen molar-refractivity contribution in [3.63, 3.8) is 0 Å². The lowest BCUT2D eigenvalue weighted by Gasteiger charge is -2.33. The predicted molar refractivity (Wildman–Crippen MR) is 119 cm³/mol. The number of hydrogen-bond donors (Lipinski definition) is 1. The molecule has 0 radical (unpaired) electrons. The predicted octanol–water partition coefficient (Wildman–Crippen LogP) is 1.86. The maximum absolute atomic E-state index is 12.9. The van der Waals surface area contributed by atoms with Crippen LogP contribution in [-0.4, -0.2) is 63.5 Å². The fraction of sp³-hybridized carbons (Fsp3) is 0.583. The number of aromatic nitrogens is 3. The van der Waals surface area contributed by atoms with E-state index >= 15 is 0 Å². The fourth-order valence-corrected chi connectivity index (χ4v) is 5.11. The van der Waals surface area contributed by atoms with E-state index in [2.05, 4.69) is 20.9 Å². The number of amides is 1. The SMILES string of the molecule is O=C(C1CCOCC1)N1CCc2nc(C3CCN(Cc4ccccn4)CC3)[nH]c(=O)c2C1. The second-order valence-corrected chi connectivity index (χ2v) is 9.14. The van der Waals surface area contributed by atoms with Gasteiger partial charge in [0.25, 0.3) is 5.56 Å². The molecule has 2 aromatic rings. The number of carbonyl (C=O) groups is 1. The van der Waals surface area contributed by atoms with Crippen molar-refractivity contribution in [3.8, 4) is 0 Å². The molecule has 8 nitrogen and oxygen atoms in total. The van der Waals surface area contributed by atoms with E-state index < -0.39 is 0 Å². The van der Waals surface area contributed by atoms with Gasteiger partial charge in [0.2, 0.25) is 5.91 Å². The van der Waals surface area contributed by atoms with E-state index in [-0.39, 0.29) is 23.3 Å². The van der Waals surface area contributed by atoms with Crippen molar-refractivity contribution in [2.75, 3.05) is 32.8 Å². The second kappa shape index (κ2) is 9.50. The summed E-state index contributed by atoms with van der Waals surface area (Å²) in [5, 5.41) is 0. The van der Waals surface area contributed by atoms with Crippen LogP contribution in [0, 0.1) is 5.92 Å². The fourth-order valence-electron chi connectivity index (χ4n) is 5.11. The van der Waals surface area contributed by atoms with Crippen molar-refractivity contribution in [1.29, 1.82) is 0 Å². The van der Waals surface area contributed by atoms with Crippen molar-refractivity contribution in [2.45, 2.75) is 51.1 Å². The van der Waals surface area contributed by atoms with Crippen LogP contribution < -0.4 is 5.56 Å². The quantitative estimate of drug-likeness (QED) is 0.785. The normalized spacial score (nSPS) is 20.8. The number of likely N-dealkylation sites (tertiary alicyclic amines) is 1. The number of ether oxygens (including phenoxy) is 1. The summed E-state index contributed by atoms with van der Waals surface area (Å²) in [5.74, 6) is 1.26. The molecule has 1 N–H and O–H groups in total. The van der Waals surface area contributed by atoms with Crippen LogP contribution in [0.25, 0.3) is 0 Å². The van der Waals surface area contributed by atoms with Crippen LogP contribution in [-0.2, 0) is 29.0 Å². The van der Waals surface area contributed by atoms with Crippen LogP contribution in [0.3, 0.4) is 0 Å². The Morgan fingerprint density at radius 1 is 1.12 bits per heavy atom. The summed E-state index contributed by atoms with van der Waals surface area (Å²) >= 11 is 0. The third kappa shape index (κ3) is 4.61. The molecular weight excluding hydrogens is 406 g/mol. The topological polar surface area (TPSA) is 91.4 Å². The largest absolute Gasteiger partial charge is 0.381 e. The maximum atomic E-state index is 12.9. The van der Waals surface area contributed by atoms with Crippen LogP contribution >= 0.6 is 0 Å². The molecule has 2 saturated heterocycles. The molecule has 2 fully saturated rings. The summed E-state index contributed by atoms with van der Waals surface area (Å²) in [6.07, 6.45) is 5.98. The van der Waals surface area contributed by atoms with Gasteiger partial charge in [-0.3, -0.25) is 19.5 Å². The summed E-state index contributed by atoms with van der Waals surface area (Å²) in [7, 11) is 0. The molecular formula is C24H31N5O3. The van der Waals surface area contributed by atoms with E-state index in [1.807, 2.05) is 23.2 Å². The third-order valence-electron chi connectivity index (χ3n) is 7.06. The molecule has 8 heteroatoms. The minimum absolute atomic E-state index is 0.0212. The van der Waals surface area contributed by atoms with Crippen molar-refractivity contribution in [1.82, 2.24) is 24.8 Å². The number of nitrogens with zero attached hydrogens (tertiary/aromatic N) is 4. The number of fused-ring (bicyclic) bond motifs is 1. The van der Waals surface area contributed by atoms with Gasteiger partial charge in [-0.1, -0.05) is 6.07 Å². The summed E-state index contributed by atoms with van der Waals surface area (Å²) < 4.78 is 5.38. The van der Waals surface area contributed by atoms with Crippen molar-refractivity contribution in [3.05, 3.63) is 57.5 Å². The summed E-state index contributed by atoms with van der Waals surface area (Å²) in [6.45, 7) is 5.10. The summed E-state index contributed by atoms with van der Waals surface area (Å²) in [5.41, 5.74) is 2.54. The smallest absolute Gasteiger partial charge is 0.256 e. The van der Waals surface area contributed by atoms with Crippen molar-refractivity contribution >= 4 is 5.91 Å². The molecule has 32 heavy (non-hydrogen) atoms. The van der Waals surface area contributed by atoms with Crippen LogP contribution in [0.5, 0.6) is 0 Å².